The molecule has 2 N–H and O–H groups in total. The van der Waals surface area contributed by atoms with Gasteiger partial charge in [0.25, 0.3) is 5.91 Å². The highest BCUT2D eigenvalue weighted by Gasteiger charge is 2.30. The number of nitrogens with zero attached hydrogens (tertiary/aromatic N) is 1. The molecule has 2 aromatic carbocycles. The molecule has 1 heterocycles. The van der Waals surface area contributed by atoms with Crippen molar-refractivity contribution in [2.24, 2.45) is 0 Å². The number of likely N-dealkylation sites (N-methyl/N-ethyl adjacent to an activating group) is 1. The largest absolute Gasteiger partial charge is 0.507 e. The van der Waals surface area contributed by atoms with E-state index in [1.165, 1.54) is 18.0 Å². The van der Waals surface area contributed by atoms with Crippen LogP contribution in [0.1, 0.15) is 23.1 Å². The van der Waals surface area contributed by atoms with Crippen LogP contribution in [0.5, 0.6) is 0 Å². The van der Waals surface area contributed by atoms with Gasteiger partial charge in [0.05, 0.1) is 24.2 Å². The molecule has 3 rings (SSSR count). The maximum atomic E-state index is 13.9. The number of rotatable bonds is 3. The molecule has 2 amide bonds. The maximum absolute atomic E-state index is 13.9. The summed E-state index contributed by atoms with van der Waals surface area (Å²) in [6, 6.07) is 11.6. The molecule has 0 fully saturated rings. The van der Waals surface area contributed by atoms with Crippen molar-refractivity contribution >= 4 is 23.3 Å². The fourth-order valence-electron chi connectivity index (χ4n) is 2.97. The molecular weight excluding hydrogens is 335 g/mol. The molecule has 2 aromatic rings. The molecular formula is C20H19FN2O3. The Kier molecular flexibility index (Phi) is 4.75. The number of carbonyl (C=O) groups excluding carboxylic acids is 2. The number of halogens is 1. The number of aryl methyl sites for hydroxylation is 1. The first-order valence-corrected chi connectivity index (χ1v) is 8.21. The monoisotopic (exact) mass is 354 g/mol. The van der Waals surface area contributed by atoms with Gasteiger partial charge in [0.2, 0.25) is 5.91 Å². The first kappa shape index (κ1) is 17.7. The number of carbonyl (C=O) groups is 2. The minimum absolute atomic E-state index is 0.0162. The lowest BCUT2D eigenvalue weighted by molar-refractivity contribution is -0.121. The van der Waals surface area contributed by atoms with Gasteiger partial charge in [-0.15, -0.1) is 0 Å². The van der Waals surface area contributed by atoms with Crippen LogP contribution in [0.15, 0.2) is 48.0 Å². The van der Waals surface area contributed by atoms with E-state index in [4.69, 9.17) is 0 Å². The minimum Gasteiger partial charge on any atom is -0.507 e. The Bertz CT molecular complexity index is 921. The Hall–Kier alpha value is -3.15. The van der Waals surface area contributed by atoms with Crippen molar-refractivity contribution in [3.63, 3.8) is 0 Å². The lowest BCUT2D eigenvalue weighted by Gasteiger charge is -2.23. The lowest BCUT2D eigenvalue weighted by atomic mass is 10.1. The van der Waals surface area contributed by atoms with E-state index in [2.05, 4.69) is 5.32 Å². The third kappa shape index (κ3) is 3.18. The molecule has 5 nitrogen and oxygen atoms in total. The van der Waals surface area contributed by atoms with Crippen LogP contribution >= 0.6 is 0 Å². The summed E-state index contributed by atoms with van der Waals surface area (Å²) in [7, 11) is 1.44. The fourth-order valence-corrected chi connectivity index (χ4v) is 2.97. The number of benzene rings is 2. The predicted molar refractivity (Wildman–Crippen MR) is 97.0 cm³/mol. The average molecular weight is 354 g/mol. The number of hydrogen-bond acceptors (Lipinski definition) is 3. The predicted octanol–water partition coefficient (Wildman–Crippen LogP) is 3.09. The summed E-state index contributed by atoms with van der Waals surface area (Å²) in [6.45, 7) is 1.81. The number of para-hydroxylation sites is 1. The van der Waals surface area contributed by atoms with Gasteiger partial charge in [-0.05, 0) is 36.2 Å². The highest BCUT2D eigenvalue weighted by atomic mass is 19.1. The molecule has 0 spiro atoms. The van der Waals surface area contributed by atoms with Gasteiger partial charge in [-0.3, -0.25) is 9.59 Å². The summed E-state index contributed by atoms with van der Waals surface area (Å²) in [4.78, 5) is 26.4. The quantitative estimate of drug-likeness (QED) is 0.890. The lowest BCUT2D eigenvalue weighted by Crippen LogP contribution is -2.31. The molecule has 0 atom stereocenters. The summed E-state index contributed by atoms with van der Waals surface area (Å²) in [6.07, 6.45) is -0.242. The molecule has 0 saturated heterocycles. The van der Waals surface area contributed by atoms with Crippen molar-refractivity contribution < 1.29 is 19.1 Å². The van der Waals surface area contributed by atoms with Gasteiger partial charge in [-0.1, -0.05) is 24.3 Å². The topological polar surface area (TPSA) is 69.6 Å². The van der Waals surface area contributed by atoms with Crippen molar-refractivity contribution in [3.05, 3.63) is 70.5 Å². The first-order valence-electron chi connectivity index (χ1n) is 8.21. The Morgan fingerprint density at radius 1 is 1.27 bits per heavy atom. The van der Waals surface area contributed by atoms with E-state index in [1.54, 1.807) is 43.3 Å². The zero-order chi connectivity index (χ0) is 18.8. The molecule has 0 unspecified atom stereocenters. The van der Waals surface area contributed by atoms with Gasteiger partial charge in [0.1, 0.15) is 11.6 Å². The number of aliphatic hydroxyl groups is 1. The second-order valence-corrected chi connectivity index (χ2v) is 6.16. The molecule has 134 valence electrons. The van der Waals surface area contributed by atoms with Crippen molar-refractivity contribution in [1.29, 1.82) is 0 Å². The van der Waals surface area contributed by atoms with E-state index < -0.39 is 5.91 Å². The van der Waals surface area contributed by atoms with Crippen LogP contribution in [0.2, 0.25) is 0 Å². The van der Waals surface area contributed by atoms with Gasteiger partial charge < -0.3 is 15.3 Å². The van der Waals surface area contributed by atoms with Gasteiger partial charge in [-0.25, -0.2) is 4.39 Å². The number of anilines is 1. The summed E-state index contributed by atoms with van der Waals surface area (Å²) >= 11 is 0. The van der Waals surface area contributed by atoms with Gasteiger partial charge in [0.15, 0.2) is 0 Å². The molecule has 1 aliphatic rings. The summed E-state index contributed by atoms with van der Waals surface area (Å²) < 4.78 is 13.9. The molecule has 0 bridgehead atoms. The van der Waals surface area contributed by atoms with Crippen LogP contribution in [-0.2, 0) is 16.1 Å². The fraction of sp³-hybridized carbons (Fsp3) is 0.200. The zero-order valence-corrected chi connectivity index (χ0v) is 14.5. The van der Waals surface area contributed by atoms with E-state index >= 15 is 0 Å². The highest BCUT2D eigenvalue weighted by Crippen LogP contribution is 2.34. The third-order valence-corrected chi connectivity index (χ3v) is 4.44. The number of hydrogen-bond donors (Lipinski definition) is 2. The SMILES string of the molecule is CNC(=O)C1=C(O)c2ccccc2N(Cc2ccc(C)c(F)c2)C(=O)C1. The number of aliphatic hydroxyl groups excluding tert-OH is 1. The first-order chi connectivity index (χ1) is 12.4. The Labute approximate surface area is 150 Å². The number of amides is 2. The van der Waals surface area contributed by atoms with Gasteiger partial charge >= 0.3 is 0 Å². The standard InChI is InChI=1S/C20H19FN2O3/c1-12-7-8-13(9-16(12)21)11-23-17-6-4-3-5-14(17)19(25)15(10-18(23)24)20(26)22-2/h3-9,25H,10-11H2,1-2H3,(H,22,26). The van der Waals surface area contributed by atoms with Crippen LogP contribution in [0.4, 0.5) is 10.1 Å². The van der Waals surface area contributed by atoms with Gasteiger partial charge in [-0.2, -0.15) is 0 Å². The Morgan fingerprint density at radius 3 is 2.69 bits per heavy atom. The number of fused-ring (bicyclic) bond motifs is 1. The molecule has 6 heteroatoms. The summed E-state index contributed by atoms with van der Waals surface area (Å²) in [5.41, 5.74) is 2.04. The molecule has 26 heavy (non-hydrogen) atoms. The van der Waals surface area contributed by atoms with Crippen molar-refractivity contribution in [2.45, 2.75) is 19.9 Å². The van der Waals surface area contributed by atoms with Crippen LogP contribution < -0.4 is 10.2 Å². The van der Waals surface area contributed by atoms with E-state index in [-0.39, 0.29) is 36.0 Å². The normalized spacial score (nSPS) is 14.1. The van der Waals surface area contributed by atoms with Crippen LogP contribution in [-0.4, -0.2) is 24.0 Å². The van der Waals surface area contributed by atoms with E-state index in [1.807, 2.05) is 0 Å². The van der Waals surface area contributed by atoms with Gasteiger partial charge in [0, 0.05) is 12.6 Å². The zero-order valence-electron chi connectivity index (χ0n) is 14.5. The highest BCUT2D eigenvalue weighted by molar-refractivity contribution is 6.10. The van der Waals surface area contributed by atoms with E-state index in [9.17, 15) is 19.1 Å². The minimum atomic E-state index is -0.506. The van der Waals surface area contributed by atoms with Crippen LogP contribution in [0.25, 0.3) is 5.76 Å². The average Bonchev–Trinajstić information content (AvgIpc) is 2.74. The molecule has 0 aromatic heterocycles. The van der Waals surface area contributed by atoms with E-state index in [0.29, 0.717) is 22.4 Å². The van der Waals surface area contributed by atoms with Crippen molar-refractivity contribution in [2.75, 3.05) is 11.9 Å². The van der Waals surface area contributed by atoms with Crippen molar-refractivity contribution in [3.8, 4) is 0 Å². The summed E-state index contributed by atoms with van der Waals surface area (Å²) in [5.74, 6) is -1.41. The Morgan fingerprint density at radius 2 is 2.00 bits per heavy atom. The van der Waals surface area contributed by atoms with E-state index in [0.717, 1.165) is 0 Å². The second kappa shape index (κ2) is 7.00. The third-order valence-electron chi connectivity index (χ3n) is 4.44. The molecule has 0 saturated carbocycles. The summed E-state index contributed by atoms with van der Waals surface area (Å²) in [5, 5.41) is 13.0. The molecule has 0 radical (unpaired) electrons. The molecule has 0 aliphatic carbocycles. The van der Waals surface area contributed by atoms with Crippen LogP contribution in [0.3, 0.4) is 0 Å². The second-order valence-electron chi connectivity index (χ2n) is 6.16. The Balaban J connectivity index is 2.06. The molecule has 1 aliphatic heterocycles. The van der Waals surface area contributed by atoms with Crippen LogP contribution in [0, 0.1) is 12.7 Å². The maximum Gasteiger partial charge on any atom is 0.251 e. The number of nitrogens with one attached hydrogen (secondary N) is 1. The van der Waals surface area contributed by atoms with Crippen molar-refractivity contribution in [1.82, 2.24) is 5.32 Å². The smallest absolute Gasteiger partial charge is 0.251 e.